The number of carboxylic acids is 1. The molecule has 0 amide bonds. The largest absolute Gasteiger partial charge is 0.547 e. The molecule has 32 heavy (non-hydrogen) atoms. The number of hydrogen-bond donors (Lipinski definition) is 2. The van der Waals surface area contributed by atoms with E-state index in [2.05, 4.69) is 55.1 Å². The van der Waals surface area contributed by atoms with E-state index in [0.29, 0.717) is 30.9 Å². The van der Waals surface area contributed by atoms with E-state index in [0.717, 1.165) is 6.42 Å². The summed E-state index contributed by atoms with van der Waals surface area (Å²) >= 11 is 9.53. The second-order valence-electron chi connectivity index (χ2n) is 7.50. The van der Waals surface area contributed by atoms with Crippen LogP contribution in [-0.4, -0.2) is 28.2 Å². The highest BCUT2D eigenvalue weighted by molar-refractivity contribution is 6.40. The van der Waals surface area contributed by atoms with Gasteiger partial charge >= 0.3 is 6.18 Å². The summed E-state index contributed by atoms with van der Waals surface area (Å²) in [5.41, 5.74) is 1.95. The van der Waals surface area contributed by atoms with E-state index in [-0.39, 0.29) is 5.34 Å². The minimum absolute atomic E-state index is 0.194. The van der Waals surface area contributed by atoms with Crippen LogP contribution in [0.2, 0.25) is 0 Å². The molecule has 2 aromatic carbocycles. The number of hydrogen-bond acceptors (Lipinski definition) is 3. The molecule has 0 spiro atoms. The van der Waals surface area contributed by atoms with Crippen LogP contribution in [0, 0.1) is 0 Å². The zero-order valence-electron chi connectivity index (χ0n) is 17.8. The fraction of sp³-hybridized carbons (Fsp3) is 0.435. The van der Waals surface area contributed by atoms with Crippen LogP contribution in [0.25, 0.3) is 10.8 Å². The lowest BCUT2D eigenvalue weighted by Gasteiger charge is -2.32. The standard InChI is InChI=1S/C12H13N.C10H13F3O3.CH2Cl2/c1-9(13)11-8-4-6-10-5-2-3-7-12(10)11;11-10(12,13)9(16,8(14)15)6-7-4-2-1-3-5-7;2-1-3/h2-9H,13H2,1H3;4,16H,1-3,5-6H2,(H,14,15);1H2/t2*9-;/m10./s1. The Hall–Kier alpha value is -1.80. The number of carboxylic acid groups (broad SMARTS) is 1. The second kappa shape index (κ2) is 13.0. The van der Waals surface area contributed by atoms with Crippen LogP contribution in [0.1, 0.15) is 50.6 Å². The Kier molecular flexibility index (Phi) is 11.5. The van der Waals surface area contributed by atoms with Crippen LogP contribution >= 0.6 is 23.2 Å². The molecule has 178 valence electrons. The van der Waals surface area contributed by atoms with Crippen molar-refractivity contribution in [3.8, 4) is 0 Å². The van der Waals surface area contributed by atoms with Crippen molar-refractivity contribution in [2.45, 2.75) is 56.8 Å². The van der Waals surface area contributed by atoms with Gasteiger partial charge in [-0.1, -0.05) is 54.1 Å². The van der Waals surface area contributed by atoms with Crippen molar-refractivity contribution in [2.75, 3.05) is 5.34 Å². The summed E-state index contributed by atoms with van der Waals surface area (Å²) in [6.45, 7) is 2.13. The molecule has 0 unspecified atom stereocenters. The van der Waals surface area contributed by atoms with Gasteiger partial charge in [0.05, 0.1) is 11.3 Å². The number of carbonyl (C=O) groups excluding carboxylic acids is 1. The third-order valence-electron chi connectivity index (χ3n) is 5.03. The van der Waals surface area contributed by atoms with Crippen molar-refractivity contribution in [2.24, 2.45) is 0 Å². The molecule has 0 aliphatic heterocycles. The molecule has 0 saturated carbocycles. The summed E-state index contributed by atoms with van der Waals surface area (Å²) < 4.78 is 37.2. The van der Waals surface area contributed by atoms with Gasteiger partial charge in [-0.2, -0.15) is 13.2 Å². The van der Waals surface area contributed by atoms with Crippen LogP contribution in [0.3, 0.4) is 0 Å². The topological polar surface area (TPSA) is 88.0 Å². The van der Waals surface area contributed by atoms with E-state index in [1.165, 1.54) is 16.3 Å². The van der Waals surface area contributed by atoms with Crippen molar-refractivity contribution in [3.05, 3.63) is 59.7 Å². The number of quaternary nitrogens is 1. The van der Waals surface area contributed by atoms with Crippen LogP contribution < -0.4 is 10.8 Å². The van der Waals surface area contributed by atoms with Gasteiger partial charge in [0, 0.05) is 12.0 Å². The third kappa shape index (κ3) is 7.96. The molecule has 0 radical (unpaired) electrons. The number of allylic oxidation sites excluding steroid dienone is 1. The lowest BCUT2D eigenvalue weighted by molar-refractivity contribution is -0.420. The SMILES string of the molecule is C[C@@H]([NH3+])c1cccc2ccccc12.ClCCl.O=C([O-])[C@@](O)(CC1=CCCCC1)C(F)(F)F. The van der Waals surface area contributed by atoms with Crippen LogP contribution in [0.4, 0.5) is 13.2 Å². The van der Waals surface area contributed by atoms with Crippen molar-refractivity contribution >= 4 is 39.9 Å². The van der Waals surface area contributed by atoms with Gasteiger partial charge in [0.15, 0.2) is 0 Å². The molecule has 0 fully saturated rings. The van der Waals surface area contributed by atoms with Crippen molar-refractivity contribution < 1.29 is 33.9 Å². The monoisotopic (exact) mass is 493 g/mol. The molecule has 0 saturated heterocycles. The van der Waals surface area contributed by atoms with E-state index in [4.69, 9.17) is 28.3 Å². The molecule has 9 heteroatoms. The molecular weight excluding hydrogens is 466 g/mol. The molecule has 1 aliphatic rings. The van der Waals surface area contributed by atoms with Crippen molar-refractivity contribution in [3.63, 3.8) is 0 Å². The van der Waals surface area contributed by atoms with Gasteiger partial charge in [0.2, 0.25) is 5.60 Å². The van der Waals surface area contributed by atoms with E-state index >= 15 is 0 Å². The van der Waals surface area contributed by atoms with Crippen LogP contribution in [0.5, 0.6) is 0 Å². The average Bonchev–Trinajstić information content (AvgIpc) is 2.74. The molecule has 4 nitrogen and oxygen atoms in total. The van der Waals surface area contributed by atoms with E-state index in [1.807, 2.05) is 0 Å². The molecule has 4 N–H and O–H groups in total. The van der Waals surface area contributed by atoms with Gasteiger partial charge in [-0.05, 0) is 43.4 Å². The first-order valence-electron chi connectivity index (χ1n) is 10.1. The van der Waals surface area contributed by atoms with E-state index in [1.54, 1.807) is 6.08 Å². The van der Waals surface area contributed by atoms with Gasteiger partial charge in [-0.15, -0.1) is 23.2 Å². The van der Waals surface area contributed by atoms with Crippen molar-refractivity contribution in [1.82, 2.24) is 0 Å². The summed E-state index contributed by atoms with van der Waals surface area (Å²) in [6, 6.07) is 15.2. The maximum absolute atomic E-state index is 12.4. The quantitative estimate of drug-likeness (QED) is 0.485. The highest BCUT2D eigenvalue weighted by atomic mass is 35.5. The molecule has 0 heterocycles. The first kappa shape index (κ1) is 28.2. The summed E-state index contributed by atoms with van der Waals surface area (Å²) in [5, 5.41) is 22.4. The minimum Gasteiger partial charge on any atom is -0.547 e. The number of aliphatic carboxylic acids is 1. The van der Waals surface area contributed by atoms with Gasteiger partial charge < -0.3 is 20.7 Å². The lowest BCUT2D eigenvalue weighted by atomic mass is 9.88. The maximum Gasteiger partial charge on any atom is 0.422 e. The highest BCUT2D eigenvalue weighted by Crippen LogP contribution is 2.37. The Morgan fingerprint density at radius 2 is 1.75 bits per heavy atom. The summed E-state index contributed by atoms with van der Waals surface area (Å²) in [4.78, 5) is 10.4. The Morgan fingerprint density at radius 1 is 1.16 bits per heavy atom. The van der Waals surface area contributed by atoms with Gasteiger partial charge in [0.25, 0.3) is 0 Å². The van der Waals surface area contributed by atoms with Crippen LogP contribution in [-0.2, 0) is 4.79 Å². The number of benzene rings is 2. The molecule has 0 bridgehead atoms. The predicted molar refractivity (Wildman–Crippen MR) is 119 cm³/mol. The average molecular weight is 494 g/mol. The second-order valence-corrected chi connectivity index (χ2v) is 8.31. The number of fused-ring (bicyclic) bond motifs is 1. The third-order valence-corrected chi connectivity index (χ3v) is 5.03. The molecule has 2 aromatic rings. The minimum atomic E-state index is -5.22. The van der Waals surface area contributed by atoms with Gasteiger partial charge in [-0.25, -0.2) is 0 Å². The normalized spacial score (nSPS) is 16.4. The molecule has 0 aromatic heterocycles. The Morgan fingerprint density at radius 3 is 2.25 bits per heavy atom. The number of alkyl halides is 5. The Bertz CT molecular complexity index is 898. The summed E-state index contributed by atoms with van der Waals surface area (Å²) in [5.74, 6) is -2.49. The molecule has 2 atom stereocenters. The molecule has 3 rings (SSSR count). The van der Waals surface area contributed by atoms with Crippen LogP contribution in [0.15, 0.2) is 54.1 Å². The fourth-order valence-electron chi connectivity index (χ4n) is 3.36. The zero-order valence-corrected chi connectivity index (χ0v) is 19.3. The highest BCUT2D eigenvalue weighted by Gasteiger charge is 2.55. The first-order chi connectivity index (χ1) is 15.0. The van der Waals surface area contributed by atoms with Gasteiger partial charge in [0.1, 0.15) is 6.04 Å². The fourth-order valence-corrected chi connectivity index (χ4v) is 3.36. The van der Waals surface area contributed by atoms with E-state index in [9.17, 15) is 23.1 Å². The zero-order chi connectivity index (χ0) is 24.4. The number of carbonyl (C=O) groups is 1. The Balaban J connectivity index is 0.000000289. The number of halogens is 5. The van der Waals surface area contributed by atoms with Crippen molar-refractivity contribution in [1.29, 1.82) is 0 Å². The smallest absolute Gasteiger partial charge is 0.422 e. The number of aliphatic hydroxyl groups is 1. The number of rotatable bonds is 4. The maximum atomic E-state index is 12.4. The first-order valence-corrected chi connectivity index (χ1v) is 11.2. The molecule has 1 aliphatic carbocycles. The Labute approximate surface area is 195 Å². The van der Waals surface area contributed by atoms with Gasteiger partial charge in [-0.3, -0.25) is 0 Å². The summed E-state index contributed by atoms with van der Waals surface area (Å²) in [7, 11) is 0. The summed E-state index contributed by atoms with van der Waals surface area (Å²) in [6.07, 6.45) is -1.99. The molecular formula is C23H28Cl2F3NO3. The van der Waals surface area contributed by atoms with E-state index < -0.39 is 24.2 Å². The predicted octanol–water partition coefficient (Wildman–Crippen LogP) is 4.48. The lowest BCUT2D eigenvalue weighted by Crippen LogP contribution is -2.58.